The average Bonchev–Trinajstić information content (AvgIpc) is 2.93. The zero-order chi connectivity index (χ0) is 16.8. The van der Waals surface area contributed by atoms with Crippen molar-refractivity contribution in [1.29, 1.82) is 0 Å². The van der Waals surface area contributed by atoms with E-state index in [4.69, 9.17) is 4.52 Å². The molecule has 1 aromatic rings. The van der Waals surface area contributed by atoms with Crippen LogP contribution in [0.3, 0.4) is 0 Å². The predicted molar refractivity (Wildman–Crippen MR) is 85.1 cm³/mol. The fourth-order valence-corrected chi connectivity index (χ4v) is 3.00. The van der Waals surface area contributed by atoms with Crippen molar-refractivity contribution in [2.45, 2.75) is 52.0 Å². The van der Waals surface area contributed by atoms with E-state index in [1.807, 2.05) is 4.90 Å². The summed E-state index contributed by atoms with van der Waals surface area (Å²) in [5.41, 5.74) is 0. The smallest absolute Gasteiger partial charge is 0.307 e. The highest BCUT2D eigenvalue weighted by Crippen LogP contribution is 2.22. The first kappa shape index (κ1) is 17.5. The summed E-state index contributed by atoms with van der Waals surface area (Å²) in [6, 6.07) is 1.35. The Balaban J connectivity index is 2.05. The Morgan fingerprint density at radius 3 is 2.96 bits per heavy atom. The minimum atomic E-state index is -0.781. The third-order valence-corrected chi connectivity index (χ3v) is 4.26. The van der Waals surface area contributed by atoms with Gasteiger partial charge in [0.05, 0.1) is 12.0 Å². The molecule has 1 aromatic heterocycles. The lowest BCUT2D eigenvalue weighted by molar-refractivity contribution is -0.144. The molecule has 128 valence electrons. The van der Waals surface area contributed by atoms with Gasteiger partial charge >= 0.3 is 5.97 Å². The minimum absolute atomic E-state index is 0.141. The molecule has 0 saturated carbocycles. The third-order valence-electron chi connectivity index (χ3n) is 4.26. The molecule has 2 N–H and O–H groups in total. The molecule has 0 radical (unpaired) electrons. The molecular weight excluding hydrogens is 298 g/mol. The van der Waals surface area contributed by atoms with Gasteiger partial charge in [-0.3, -0.25) is 14.5 Å². The van der Waals surface area contributed by atoms with Crippen LogP contribution < -0.4 is 5.32 Å². The number of aliphatic carboxylic acids is 1. The molecule has 2 unspecified atom stereocenters. The normalized spacial score (nSPS) is 20.2. The summed E-state index contributed by atoms with van der Waals surface area (Å²) < 4.78 is 4.96. The lowest BCUT2D eigenvalue weighted by Crippen LogP contribution is -2.49. The van der Waals surface area contributed by atoms with E-state index in [-0.39, 0.29) is 11.9 Å². The van der Waals surface area contributed by atoms with Gasteiger partial charge in [-0.05, 0) is 32.7 Å². The summed E-state index contributed by atoms with van der Waals surface area (Å²) in [5.74, 6) is -0.278. The summed E-state index contributed by atoms with van der Waals surface area (Å²) in [5, 5.41) is 15.8. The Hall–Kier alpha value is -1.89. The number of unbranched alkanes of at least 4 members (excludes halogenated alkanes) is 1. The number of likely N-dealkylation sites (tertiary alicyclic amines) is 1. The number of hydrogen-bond acceptors (Lipinski definition) is 5. The number of carboxylic acid groups (broad SMARTS) is 1. The van der Waals surface area contributed by atoms with Gasteiger partial charge < -0.3 is 14.9 Å². The molecule has 2 rings (SSSR count). The molecule has 0 aromatic carbocycles. The zero-order valence-corrected chi connectivity index (χ0v) is 13.7. The Morgan fingerprint density at radius 1 is 1.57 bits per heavy atom. The van der Waals surface area contributed by atoms with Gasteiger partial charge in [-0.1, -0.05) is 24.9 Å². The SMILES string of the molecule is CCCCC(C(=O)Nc1cc(C)on1)N1CCCC(C(=O)O)C1. The Morgan fingerprint density at radius 2 is 2.35 bits per heavy atom. The number of anilines is 1. The number of piperidine rings is 1. The van der Waals surface area contributed by atoms with Crippen LogP contribution in [0.5, 0.6) is 0 Å². The molecule has 7 nitrogen and oxygen atoms in total. The van der Waals surface area contributed by atoms with E-state index in [2.05, 4.69) is 17.4 Å². The van der Waals surface area contributed by atoms with Crippen LogP contribution in [0.1, 0.15) is 44.8 Å². The van der Waals surface area contributed by atoms with Gasteiger partial charge in [0.2, 0.25) is 5.91 Å². The summed E-state index contributed by atoms with van der Waals surface area (Å²) in [7, 11) is 0. The highest BCUT2D eigenvalue weighted by molar-refractivity contribution is 5.94. The van der Waals surface area contributed by atoms with Crippen LogP contribution in [-0.4, -0.2) is 46.2 Å². The molecule has 1 fully saturated rings. The van der Waals surface area contributed by atoms with E-state index in [1.54, 1.807) is 13.0 Å². The topological polar surface area (TPSA) is 95.7 Å². The van der Waals surface area contributed by atoms with Gasteiger partial charge in [-0.25, -0.2) is 0 Å². The van der Waals surface area contributed by atoms with Crippen molar-refractivity contribution in [3.8, 4) is 0 Å². The number of aryl methyl sites for hydroxylation is 1. The largest absolute Gasteiger partial charge is 0.481 e. The van der Waals surface area contributed by atoms with Gasteiger partial charge in [-0.2, -0.15) is 0 Å². The highest BCUT2D eigenvalue weighted by Gasteiger charge is 2.33. The lowest BCUT2D eigenvalue weighted by Gasteiger charge is -2.36. The van der Waals surface area contributed by atoms with Crippen molar-refractivity contribution in [1.82, 2.24) is 10.1 Å². The van der Waals surface area contributed by atoms with Gasteiger partial charge in [0, 0.05) is 12.6 Å². The van der Waals surface area contributed by atoms with Crippen molar-refractivity contribution in [3.63, 3.8) is 0 Å². The first-order valence-electron chi connectivity index (χ1n) is 8.22. The van der Waals surface area contributed by atoms with Gasteiger partial charge in [0.1, 0.15) is 5.76 Å². The van der Waals surface area contributed by atoms with Gasteiger partial charge in [0.25, 0.3) is 0 Å². The van der Waals surface area contributed by atoms with Crippen LogP contribution in [0.4, 0.5) is 5.82 Å². The number of rotatable bonds is 7. The molecule has 7 heteroatoms. The van der Waals surface area contributed by atoms with E-state index in [0.717, 1.165) is 25.8 Å². The summed E-state index contributed by atoms with van der Waals surface area (Å²) in [6.45, 7) is 5.02. The Bertz CT molecular complexity index is 543. The molecule has 1 amide bonds. The summed E-state index contributed by atoms with van der Waals surface area (Å²) in [6.07, 6.45) is 4.10. The van der Waals surface area contributed by atoms with Gasteiger partial charge in [-0.15, -0.1) is 0 Å². The quantitative estimate of drug-likeness (QED) is 0.799. The maximum Gasteiger partial charge on any atom is 0.307 e. The number of aromatic nitrogens is 1. The fourth-order valence-electron chi connectivity index (χ4n) is 3.00. The average molecular weight is 323 g/mol. The molecule has 1 aliphatic rings. The monoisotopic (exact) mass is 323 g/mol. The van der Waals surface area contributed by atoms with Crippen molar-refractivity contribution in [3.05, 3.63) is 11.8 Å². The second-order valence-corrected chi connectivity index (χ2v) is 6.14. The maximum atomic E-state index is 12.6. The summed E-state index contributed by atoms with van der Waals surface area (Å²) >= 11 is 0. The van der Waals surface area contributed by atoms with Crippen molar-refractivity contribution in [2.24, 2.45) is 5.92 Å². The Labute approximate surface area is 136 Å². The van der Waals surface area contributed by atoms with Crippen LogP contribution in [0, 0.1) is 12.8 Å². The number of carbonyl (C=O) groups excluding carboxylic acids is 1. The first-order valence-corrected chi connectivity index (χ1v) is 8.22. The van der Waals surface area contributed by atoms with Crippen molar-refractivity contribution >= 4 is 17.7 Å². The van der Waals surface area contributed by atoms with Crippen molar-refractivity contribution < 1.29 is 19.2 Å². The molecule has 23 heavy (non-hydrogen) atoms. The highest BCUT2D eigenvalue weighted by atomic mass is 16.5. The van der Waals surface area contributed by atoms with E-state index in [9.17, 15) is 14.7 Å². The number of nitrogens with zero attached hydrogens (tertiary/aromatic N) is 2. The summed E-state index contributed by atoms with van der Waals surface area (Å²) in [4.78, 5) is 25.9. The predicted octanol–water partition coefficient (Wildman–Crippen LogP) is 2.28. The standard InChI is InChI=1S/C16H25N3O4/c1-3-4-7-13(15(20)17-14-9-11(2)23-18-14)19-8-5-6-12(10-19)16(21)22/h9,12-13H,3-8,10H2,1-2H3,(H,21,22)(H,17,18,20). The van der Waals surface area contributed by atoms with Crippen LogP contribution in [-0.2, 0) is 9.59 Å². The zero-order valence-electron chi connectivity index (χ0n) is 13.7. The Kier molecular flexibility index (Phi) is 6.15. The van der Waals surface area contributed by atoms with E-state index in [1.165, 1.54) is 0 Å². The molecule has 1 aliphatic heterocycles. The van der Waals surface area contributed by atoms with E-state index >= 15 is 0 Å². The molecule has 0 bridgehead atoms. The number of hydrogen-bond donors (Lipinski definition) is 2. The maximum absolute atomic E-state index is 12.6. The van der Waals surface area contributed by atoms with Crippen LogP contribution >= 0.6 is 0 Å². The van der Waals surface area contributed by atoms with E-state index in [0.29, 0.717) is 31.0 Å². The number of carbonyl (C=O) groups is 2. The fraction of sp³-hybridized carbons (Fsp3) is 0.688. The molecular formula is C16H25N3O4. The molecule has 0 aliphatic carbocycles. The lowest BCUT2D eigenvalue weighted by atomic mass is 9.95. The number of amides is 1. The van der Waals surface area contributed by atoms with Crippen LogP contribution in [0.2, 0.25) is 0 Å². The van der Waals surface area contributed by atoms with Crippen LogP contribution in [0.25, 0.3) is 0 Å². The minimum Gasteiger partial charge on any atom is -0.481 e. The van der Waals surface area contributed by atoms with Crippen LogP contribution in [0.15, 0.2) is 10.6 Å². The van der Waals surface area contributed by atoms with Gasteiger partial charge in [0.15, 0.2) is 5.82 Å². The second kappa shape index (κ2) is 8.10. The molecule has 2 heterocycles. The second-order valence-electron chi connectivity index (χ2n) is 6.14. The van der Waals surface area contributed by atoms with E-state index < -0.39 is 11.9 Å². The number of nitrogens with one attached hydrogen (secondary N) is 1. The van der Waals surface area contributed by atoms with Crippen molar-refractivity contribution in [2.75, 3.05) is 18.4 Å². The molecule has 2 atom stereocenters. The molecule has 1 saturated heterocycles. The third kappa shape index (κ3) is 4.79. The number of carboxylic acids is 1. The molecule has 0 spiro atoms. The first-order chi connectivity index (χ1) is 11.0.